The van der Waals surface area contributed by atoms with Crippen LogP contribution in [0.2, 0.25) is 5.02 Å². The minimum absolute atomic E-state index is 0.104. The smallest absolute Gasteiger partial charge is 0.263 e. The van der Waals surface area contributed by atoms with Crippen molar-refractivity contribution in [2.75, 3.05) is 5.73 Å². The lowest BCUT2D eigenvalue weighted by atomic mass is 10.1. The second-order valence-corrected chi connectivity index (χ2v) is 6.42. The summed E-state index contributed by atoms with van der Waals surface area (Å²) in [5, 5.41) is 4.33. The second kappa shape index (κ2) is 5.39. The number of hydrogen-bond donors (Lipinski definition) is 2. The summed E-state index contributed by atoms with van der Waals surface area (Å²) in [7, 11) is 0. The summed E-state index contributed by atoms with van der Waals surface area (Å²) in [6.45, 7) is 6.12. The van der Waals surface area contributed by atoms with E-state index >= 15 is 0 Å². The summed E-state index contributed by atoms with van der Waals surface area (Å²) >= 11 is 7.51. The average molecular weight is 297 g/mol. The van der Waals surface area contributed by atoms with Gasteiger partial charge in [0.1, 0.15) is 4.88 Å². The van der Waals surface area contributed by atoms with Crippen LogP contribution in [0, 0.1) is 5.92 Å². The molecule has 2 rings (SSSR count). The van der Waals surface area contributed by atoms with E-state index < -0.39 is 0 Å². The van der Waals surface area contributed by atoms with Gasteiger partial charge in [0, 0.05) is 16.1 Å². The zero-order valence-electron chi connectivity index (χ0n) is 11.2. The first-order valence-electron chi connectivity index (χ1n) is 6.19. The fraction of sp³-hybridized carbons (Fsp3) is 0.357. The molecule has 0 aliphatic rings. The lowest BCUT2D eigenvalue weighted by Gasteiger charge is -2.16. The van der Waals surface area contributed by atoms with Gasteiger partial charge < -0.3 is 11.1 Å². The molecule has 102 valence electrons. The van der Waals surface area contributed by atoms with Crippen molar-refractivity contribution in [3.63, 3.8) is 0 Å². The highest BCUT2D eigenvalue weighted by Crippen LogP contribution is 2.37. The lowest BCUT2D eigenvalue weighted by Crippen LogP contribution is -2.35. The van der Waals surface area contributed by atoms with Gasteiger partial charge in [0.05, 0.1) is 10.7 Å². The van der Waals surface area contributed by atoms with E-state index in [1.807, 2.05) is 19.1 Å². The third-order valence-electron chi connectivity index (χ3n) is 3.27. The molecule has 0 bridgehead atoms. The number of rotatable bonds is 3. The van der Waals surface area contributed by atoms with Crippen molar-refractivity contribution in [3.05, 3.63) is 28.1 Å². The van der Waals surface area contributed by atoms with Crippen molar-refractivity contribution in [3.8, 4) is 0 Å². The van der Waals surface area contributed by atoms with E-state index in [0.717, 1.165) is 10.1 Å². The third-order valence-corrected chi connectivity index (χ3v) is 4.75. The number of halogens is 1. The van der Waals surface area contributed by atoms with Crippen LogP contribution in [0.1, 0.15) is 30.4 Å². The van der Waals surface area contributed by atoms with E-state index in [1.54, 1.807) is 6.07 Å². The van der Waals surface area contributed by atoms with Gasteiger partial charge in [0.2, 0.25) is 0 Å². The fourth-order valence-corrected chi connectivity index (χ4v) is 3.12. The molecule has 1 unspecified atom stereocenters. The molecule has 0 aliphatic heterocycles. The summed E-state index contributed by atoms with van der Waals surface area (Å²) in [6, 6.07) is 5.67. The van der Waals surface area contributed by atoms with Gasteiger partial charge in [-0.2, -0.15) is 0 Å². The first-order valence-corrected chi connectivity index (χ1v) is 7.38. The monoisotopic (exact) mass is 296 g/mol. The number of nitrogens with two attached hydrogens (primary N) is 1. The predicted molar refractivity (Wildman–Crippen MR) is 83.0 cm³/mol. The number of amides is 1. The van der Waals surface area contributed by atoms with Gasteiger partial charge >= 0.3 is 0 Å². The molecule has 1 atom stereocenters. The van der Waals surface area contributed by atoms with Crippen LogP contribution < -0.4 is 11.1 Å². The van der Waals surface area contributed by atoms with Crippen LogP contribution in [-0.2, 0) is 0 Å². The number of thiophene rings is 1. The Morgan fingerprint density at radius 1 is 1.37 bits per heavy atom. The molecule has 0 fully saturated rings. The van der Waals surface area contributed by atoms with Crippen molar-refractivity contribution in [1.29, 1.82) is 0 Å². The highest BCUT2D eigenvalue weighted by Gasteiger charge is 2.20. The first-order chi connectivity index (χ1) is 8.91. The van der Waals surface area contributed by atoms with E-state index in [0.29, 0.717) is 21.5 Å². The second-order valence-electron chi connectivity index (χ2n) is 4.96. The number of hydrogen-bond acceptors (Lipinski definition) is 3. The van der Waals surface area contributed by atoms with Crippen LogP contribution in [0.3, 0.4) is 0 Å². The Labute approximate surface area is 121 Å². The molecular weight excluding hydrogens is 280 g/mol. The summed E-state index contributed by atoms with van der Waals surface area (Å²) in [5.74, 6) is 0.249. The number of nitrogens with one attached hydrogen (secondary N) is 1. The molecule has 19 heavy (non-hydrogen) atoms. The Morgan fingerprint density at radius 3 is 2.63 bits per heavy atom. The summed E-state index contributed by atoms with van der Waals surface area (Å²) in [4.78, 5) is 12.8. The molecule has 0 saturated heterocycles. The number of nitrogen functional groups attached to an aromatic ring is 1. The largest absolute Gasteiger partial charge is 0.397 e. The van der Waals surface area contributed by atoms with Crippen LogP contribution in [0.4, 0.5) is 5.69 Å². The Hall–Kier alpha value is -1.26. The molecule has 1 amide bonds. The minimum Gasteiger partial charge on any atom is -0.397 e. The van der Waals surface area contributed by atoms with Crippen LogP contribution in [-0.4, -0.2) is 11.9 Å². The molecule has 5 heteroatoms. The molecule has 0 saturated carbocycles. The van der Waals surface area contributed by atoms with Gasteiger partial charge in [0.25, 0.3) is 5.91 Å². The van der Waals surface area contributed by atoms with Gasteiger partial charge in [-0.25, -0.2) is 0 Å². The Bertz CT molecular complexity index is 621. The zero-order valence-corrected chi connectivity index (χ0v) is 12.7. The van der Waals surface area contributed by atoms with Crippen LogP contribution in [0.15, 0.2) is 18.2 Å². The molecule has 3 N–H and O–H groups in total. The van der Waals surface area contributed by atoms with Gasteiger partial charge in [-0.15, -0.1) is 11.3 Å². The topological polar surface area (TPSA) is 55.1 Å². The standard InChI is InChI=1S/C14H17ClN2OS/c1-7(2)8(3)17-14(18)13-12(16)11-9(15)5-4-6-10(11)19-13/h4-8H,16H2,1-3H3,(H,17,18). The van der Waals surface area contributed by atoms with Crippen LogP contribution in [0.25, 0.3) is 10.1 Å². The van der Waals surface area contributed by atoms with Crippen molar-refractivity contribution in [2.45, 2.75) is 26.8 Å². The van der Waals surface area contributed by atoms with Crippen LogP contribution >= 0.6 is 22.9 Å². The van der Waals surface area contributed by atoms with Crippen molar-refractivity contribution >= 4 is 44.6 Å². The predicted octanol–water partition coefficient (Wildman–Crippen LogP) is 3.91. The number of carbonyl (C=O) groups excluding carboxylic acids is 1. The Balaban J connectivity index is 2.38. The summed E-state index contributed by atoms with van der Waals surface area (Å²) in [5.41, 5.74) is 6.53. The Morgan fingerprint density at radius 2 is 2.05 bits per heavy atom. The highest BCUT2D eigenvalue weighted by atomic mass is 35.5. The minimum atomic E-state index is -0.129. The molecule has 0 spiro atoms. The molecular formula is C14H17ClN2OS. The molecule has 0 aliphatic carbocycles. The molecule has 1 heterocycles. The fourth-order valence-electron chi connectivity index (χ4n) is 1.74. The Kier molecular flexibility index (Phi) is 4.02. The molecule has 0 radical (unpaired) electrons. The van der Waals surface area contributed by atoms with E-state index in [2.05, 4.69) is 19.2 Å². The number of fused-ring (bicyclic) bond motifs is 1. The van der Waals surface area contributed by atoms with Crippen molar-refractivity contribution < 1.29 is 4.79 Å². The molecule has 1 aromatic heterocycles. The van der Waals surface area contributed by atoms with E-state index in [-0.39, 0.29) is 11.9 Å². The SMILES string of the molecule is CC(C)C(C)NC(=O)c1sc2cccc(Cl)c2c1N. The van der Waals surface area contributed by atoms with E-state index in [4.69, 9.17) is 17.3 Å². The van der Waals surface area contributed by atoms with Crippen molar-refractivity contribution in [1.82, 2.24) is 5.32 Å². The molecule has 3 nitrogen and oxygen atoms in total. The summed E-state index contributed by atoms with van der Waals surface area (Å²) < 4.78 is 0.937. The molecule has 1 aromatic carbocycles. The number of benzene rings is 1. The van der Waals surface area contributed by atoms with Gasteiger partial charge in [0.15, 0.2) is 0 Å². The maximum Gasteiger partial charge on any atom is 0.263 e. The van der Waals surface area contributed by atoms with Gasteiger partial charge in [-0.3, -0.25) is 4.79 Å². The maximum absolute atomic E-state index is 12.2. The first kappa shape index (κ1) is 14.2. The lowest BCUT2D eigenvalue weighted by molar-refractivity contribution is 0.0935. The number of carbonyl (C=O) groups is 1. The molecule has 2 aromatic rings. The third kappa shape index (κ3) is 2.69. The van der Waals surface area contributed by atoms with Crippen molar-refractivity contribution in [2.24, 2.45) is 5.92 Å². The number of anilines is 1. The van der Waals surface area contributed by atoms with Gasteiger partial charge in [-0.1, -0.05) is 31.5 Å². The summed E-state index contributed by atoms with van der Waals surface area (Å²) in [6.07, 6.45) is 0. The average Bonchev–Trinajstić information content (AvgIpc) is 2.68. The zero-order chi connectivity index (χ0) is 14.2. The quantitative estimate of drug-likeness (QED) is 0.902. The normalized spacial score (nSPS) is 12.9. The van der Waals surface area contributed by atoms with Gasteiger partial charge in [-0.05, 0) is 25.0 Å². The maximum atomic E-state index is 12.2. The van der Waals surface area contributed by atoms with Crippen LogP contribution in [0.5, 0.6) is 0 Å². The van der Waals surface area contributed by atoms with E-state index in [9.17, 15) is 4.79 Å². The highest BCUT2D eigenvalue weighted by molar-refractivity contribution is 7.21. The van der Waals surface area contributed by atoms with E-state index in [1.165, 1.54) is 11.3 Å².